The van der Waals surface area contributed by atoms with E-state index in [9.17, 15) is 0 Å². The number of hydrogen-bond acceptors (Lipinski definition) is 2. The molecule has 0 amide bonds. The van der Waals surface area contributed by atoms with Gasteiger partial charge in [-0.05, 0) is 69.4 Å². The Bertz CT molecular complexity index is 3120. The molecule has 8 heterocycles. The molecule has 0 N–H and O–H groups in total. The first-order valence-electron chi connectivity index (χ1n) is 17.2. The van der Waals surface area contributed by atoms with E-state index in [0.717, 1.165) is 45.3 Å². The van der Waals surface area contributed by atoms with Crippen molar-refractivity contribution < 1.29 is 14.1 Å². The number of aromatic nitrogens is 5. The van der Waals surface area contributed by atoms with Gasteiger partial charge in [0.1, 0.15) is 11.1 Å². The topological polar surface area (TPSA) is 39.7 Å². The van der Waals surface area contributed by atoms with Crippen LogP contribution in [-0.4, -0.2) is 14.1 Å². The van der Waals surface area contributed by atoms with E-state index in [-0.39, 0.29) is 0 Å². The second-order valence-corrected chi connectivity index (χ2v) is 14.2. The van der Waals surface area contributed by atoms with Gasteiger partial charge in [-0.3, -0.25) is 4.98 Å². The maximum atomic E-state index is 7.05. The van der Waals surface area contributed by atoms with Crippen LogP contribution in [0.5, 0.6) is 11.5 Å². The number of aryl methyl sites for hydroxylation is 1. The van der Waals surface area contributed by atoms with Crippen LogP contribution >= 0.6 is 0 Å². The average molecular weight is 642 g/mol. The maximum absolute atomic E-state index is 7.05. The highest BCUT2D eigenvalue weighted by molar-refractivity contribution is 6.12. The van der Waals surface area contributed by atoms with Crippen molar-refractivity contribution in [2.24, 2.45) is 7.05 Å². The monoisotopic (exact) mass is 641 g/mol. The van der Waals surface area contributed by atoms with Crippen LogP contribution in [0.25, 0.3) is 61.2 Å². The highest BCUT2D eigenvalue weighted by atomic mass is 16.5. The molecule has 230 valence electrons. The largest absolute Gasteiger partial charge is 0.444 e. The molecule has 4 aromatic heterocycles. The van der Waals surface area contributed by atoms with E-state index in [1.54, 1.807) is 0 Å². The number of fused-ring (bicyclic) bond motifs is 12. The van der Waals surface area contributed by atoms with E-state index in [1.807, 2.05) is 12.4 Å². The quantitative estimate of drug-likeness (QED) is 0.125. The summed E-state index contributed by atoms with van der Waals surface area (Å²) in [5.41, 5.74) is 16.6. The zero-order chi connectivity index (χ0) is 32.2. The summed E-state index contributed by atoms with van der Waals surface area (Å²) >= 11 is 0. The van der Waals surface area contributed by atoms with Gasteiger partial charge in [-0.1, -0.05) is 66.7 Å². The van der Waals surface area contributed by atoms with Gasteiger partial charge in [-0.15, -0.1) is 0 Å². The lowest BCUT2D eigenvalue weighted by molar-refractivity contribution is -1.01. The average Bonchev–Trinajstić information content (AvgIpc) is 3.86. The smallest absolute Gasteiger partial charge is 0.352 e. The first-order chi connectivity index (χ1) is 24.8. The zero-order valence-electron chi connectivity index (χ0n) is 26.8. The number of rotatable bonds is 0. The van der Waals surface area contributed by atoms with E-state index < -0.39 is 5.41 Å². The third-order valence-electron chi connectivity index (χ3n) is 12.4. The van der Waals surface area contributed by atoms with Crippen molar-refractivity contribution in [3.05, 3.63) is 156 Å². The predicted octanol–water partition coefficient (Wildman–Crippen LogP) is 7.89. The van der Waals surface area contributed by atoms with Crippen molar-refractivity contribution in [2.45, 2.75) is 5.41 Å². The molecule has 5 aromatic carbocycles. The Kier molecular flexibility index (Phi) is 3.69. The third-order valence-corrected chi connectivity index (χ3v) is 12.4. The van der Waals surface area contributed by atoms with Crippen LogP contribution in [0.15, 0.2) is 134 Å². The lowest BCUT2D eigenvalue weighted by atomic mass is 9.65. The molecule has 14 rings (SSSR count). The molecule has 1 unspecified atom stereocenters. The molecule has 5 aliphatic rings. The molecular formula is C43H25N6O+3. The third kappa shape index (κ3) is 2.15. The lowest BCUT2D eigenvalue weighted by Gasteiger charge is -2.40. The number of nitrogens with zero attached hydrogens (tertiary/aromatic N) is 6. The number of quaternary nitrogens is 1. The molecule has 0 radical (unpaired) electrons. The molecule has 0 fully saturated rings. The lowest BCUT2D eigenvalue weighted by Crippen LogP contribution is -2.84. The van der Waals surface area contributed by atoms with Gasteiger partial charge >= 0.3 is 17.2 Å². The summed E-state index contributed by atoms with van der Waals surface area (Å²) in [5, 5.41) is 2.49. The molecule has 1 atom stereocenters. The number of hydrogen-bond donors (Lipinski definition) is 0. The highest BCUT2D eigenvalue weighted by Gasteiger charge is 2.71. The van der Waals surface area contributed by atoms with Crippen molar-refractivity contribution >= 4 is 44.3 Å². The fraction of sp³-hybridized carbons (Fsp3) is 0.0465. The number of benzene rings is 5. The van der Waals surface area contributed by atoms with Gasteiger partial charge in [0, 0.05) is 33.5 Å². The number of para-hydroxylation sites is 2. The Morgan fingerprint density at radius 2 is 1.42 bits per heavy atom. The summed E-state index contributed by atoms with van der Waals surface area (Å²) in [7, 11) is 2.16. The second-order valence-electron chi connectivity index (χ2n) is 14.2. The second kappa shape index (κ2) is 7.52. The number of pyridine rings is 2. The minimum atomic E-state index is -0.525. The minimum absolute atomic E-state index is 0.322. The molecular weight excluding hydrogens is 617 g/mol. The SMILES string of the molecule is Cn1c2[n+](c3ccncc31)[N+]13c4c(cccc4-2)Oc2ccc4c(c21)-n1c2c(cccc2c2ccc[n+]3c21)C41c2ccccc2-c2ccccc21. The molecule has 0 saturated carbocycles. The Morgan fingerprint density at radius 3 is 2.28 bits per heavy atom. The van der Waals surface area contributed by atoms with E-state index in [1.165, 1.54) is 61.0 Å². The van der Waals surface area contributed by atoms with Crippen molar-refractivity contribution in [1.82, 2.24) is 18.8 Å². The normalized spacial score (nSPS) is 18.1. The summed E-state index contributed by atoms with van der Waals surface area (Å²) < 4.78 is 17.2. The molecule has 0 saturated heterocycles. The molecule has 4 aliphatic heterocycles. The zero-order valence-corrected chi connectivity index (χ0v) is 26.8. The van der Waals surface area contributed by atoms with Crippen molar-refractivity contribution in [1.29, 1.82) is 0 Å². The van der Waals surface area contributed by atoms with Crippen LogP contribution in [0.4, 0.5) is 11.4 Å². The Morgan fingerprint density at radius 1 is 0.680 bits per heavy atom. The molecule has 2 spiro atoms. The van der Waals surface area contributed by atoms with Crippen molar-refractivity contribution in [3.8, 4) is 39.7 Å². The molecule has 0 bridgehead atoms. The predicted molar refractivity (Wildman–Crippen MR) is 191 cm³/mol. The summed E-state index contributed by atoms with van der Waals surface area (Å²) in [6, 6.07) is 42.8. The summed E-state index contributed by atoms with van der Waals surface area (Å²) in [4.78, 5) is 4.59. The van der Waals surface area contributed by atoms with Gasteiger partial charge in [0.05, 0.1) is 28.7 Å². The highest BCUT2D eigenvalue weighted by Crippen LogP contribution is 2.66. The van der Waals surface area contributed by atoms with Crippen LogP contribution in [0, 0.1) is 0 Å². The number of imidazole rings is 1. The van der Waals surface area contributed by atoms with Gasteiger partial charge in [0.25, 0.3) is 5.69 Å². The summed E-state index contributed by atoms with van der Waals surface area (Å²) in [6.07, 6.45) is 6.17. The van der Waals surface area contributed by atoms with E-state index in [2.05, 4.69) is 152 Å². The van der Waals surface area contributed by atoms with Crippen LogP contribution in [0.2, 0.25) is 0 Å². The first-order valence-corrected chi connectivity index (χ1v) is 17.2. The van der Waals surface area contributed by atoms with Crippen LogP contribution in [0.3, 0.4) is 0 Å². The van der Waals surface area contributed by atoms with Crippen LogP contribution < -0.4 is 18.8 Å². The van der Waals surface area contributed by atoms with Gasteiger partial charge in [-0.2, -0.15) is 4.57 Å². The molecule has 9 aromatic rings. The fourth-order valence-electron chi connectivity index (χ4n) is 10.8. The van der Waals surface area contributed by atoms with Gasteiger partial charge in [0.2, 0.25) is 17.0 Å². The Hall–Kier alpha value is -6.57. The Labute approximate surface area is 284 Å². The van der Waals surface area contributed by atoms with Gasteiger partial charge in [-0.25, -0.2) is 4.57 Å². The van der Waals surface area contributed by atoms with Crippen molar-refractivity contribution in [3.63, 3.8) is 0 Å². The molecule has 7 heteroatoms. The maximum Gasteiger partial charge on any atom is 0.352 e. The van der Waals surface area contributed by atoms with E-state index in [4.69, 9.17) is 4.74 Å². The fourth-order valence-corrected chi connectivity index (χ4v) is 10.8. The molecule has 7 nitrogen and oxygen atoms in total. The standard InChI is InChI=1S/C43H25N6O/c1-45-34-23-44-21-20-33(34)48-41(45)28-12-7-17-35-39(28)49(48)40-36(50-35)19-18-32-38(40)47-37-26(27-13-8-22-46(49)42(27)47)11-6-16-31(37)43(32)29-14-4-2-9-24(29)25-10-3-5-15-30(25)43/h2-23H,1H3/q+3. The van der Waals surface area contributed by atoms with Crippen LogP contribution in [-0.2, 0) is 12.5 Å². The summed E-state index contributed by atoms with van der Waals surface area (Å²) in [6.45, 7) is 0. The van der Waals surface area contributed by atoms with Crippen molar-refractivity contribution in [2.75, 3.05) is 0 Å². The summed E-state index contributed by atoms with van der Waals surface area (Å²) in [5.74, 6) is 2.86. The minimum Gasteiger partial charge on any atom is -0.444 e. The van der Waals surface area contributed by atoms with Gasteiger partial charge < -0.3 is 4.74 Å². The number of ether oxygens (including phenoxy) is 1. The van der Waals surface area contributed by atoms with E-state index >= 15 is 0 Å². The first kappa shape index (κ1) is 24.6. The molecule has 50 heavy (non-hydrogen) atoms. The van der Waals surface area contributed by atoms with Crippen LogP contribution in [0.1, 0.15) is 22.3 Å². The molecule has 1 aliphatic carbocycles. The van der Waals surface area contributed by atoms with Gasteiger partial charge in [0.15, 0.2) is 17.5 Å². The van der Waals surface area contributed by atoms with E-state index in [0.29, 0.717) is 4.70 Å². The Balaban J connectivity index is 1.32.